The number of benzene rings is 1. The normalized spacial score (nSPS) is 10.6. The van der Waals surface area contributed by atoms with Crippen LogP contribution in [0, 0.1) is 5.82 Å². The number of halogens is 1. The predicted octanol–water partition coefficient (Wildman–Crippen LogP) is 2.37. The number of aromatic hydroxyl groups is 1. The summed E-state index contributed by atoms with van der Waals surface area (Å²) in [7, 11) is 1.85. The van der Waals surface area contributed by atoms with Crippen molar-refractivity contribution in [2.45, 2.75) is 6.54 Å². The number of hydrogen-bond donors (Lipinski definition) is 2. The molecule has 0 atom stereocenters. The van der Waals surface area contributed by atoms with Gasteiger partial charge < -0.3 is 10.4 Å². The van der Waals surface area contributed by atoms with E-state index in [1.165, 1.54) is 23.5 Å². The lowest BCUT2D eigenvalue weighted by Gasteiger charge is -1.98. The Morgan fingerprint density at radius 1 is 1.44 bits per heavy atom. The number of hydrogen-bond acceptors (Lipinski definition) is 4. The maximum absolute atomic E-state index is 13.1. The second-order valence-electron chi connectivity index (χ2n) is 3.36. The average Bonchev–Trinajstić information content (AvgIpc) is 2.65. The lowest BCUT2D eigenvalue weighted by atomic mass is 10.2. The molecule has 0 radical (unpaired) electrons. The van der Waals surface area contributed by atoms with Crippen molar-refractivity contribution in [2.24, 2.45) is 0 Å². The molecule has 16 heavy (non-hydrogen) atoms. The third-order valence-electron chi connectivity index (χ3n) is 2.03. The highest BCUT2D eigenvalue weighted by Crippen LogP contribution is 2.28. The molecule has 0 amide bonds. The van der Waals surface area contributed by atoms with Gasteiger partial charge >= 0.3 is 0 Å². The fourth-order valence-corrected chi connectivity index (χ4v) is 2.31. The molecular formula is C11H11FN2OS. The first-order valence-electron chi connectivity index (χ1n) is 4.78. The average molecular weight is 238 g/mol. The van der Waals surface area contributed by atoms with Crippen LogP contribution in [0.2, 0.25) is 0 Å². The van der Waals surface area contributed by atoms with Gasteiger partial charge in [-0.1, -0.05) is 0 Å². The van der Waals surface area contributed by atoms with Gasteiger partial charge in [-0.15, -0.1) is 11.3 Å². The zero-order chi connectivity index (χ0) is 11.5. The summed E-state index contributed by atoms with van der Waals surface area (Å²) < 4.78 is 13.1. The van der Waals surface area contributed by atoms with Crippen LogP contribution in [0.25, 0.3) is 10.6 Å². The number of thiazole rings is 1. The topological polar surface area (TPSA) is 45.2 Å². The van der Waals surface area contributed by atoms with Crippen LogP contribution in [0.4, 0.5) is 4.39 Å². The van der Waals surface area contributed by atoms with Crippen LogP contribution in [0.3, 0.4) is 0 Å². The van der Waals surface area contributed by atoms with E-state index in [1.54, 1.807) is 6.20 Å². The molecule has 0 aliphatic rings. The third-order valence-corrected chi connectivity index (χ3v) is 3.08. The maximum Gasteiger partial charge on any atom is 0.127 e. The Kier molecular flexibility index (Phi) is 3.17. The molecule has 0 unspecified atom stereocenters. The summed E-state index contributed by atoms with van der Waals surface area (Å²) in [5.41, 5.74) is 0.602. The summed E-state index contributed by atoms with van der Waals surface area (Å²) >= 11 is 1.48. The summed E-state index contributed by atoms with van der Waals surface area (Å²) in [6.45, 7) is 0.735. The first kappa shape index (κ1) is 11.0. The van der Waals surface area contributed by atoms with Gasteiger partial charge in [0.2, 0.25) is 0 Å². The van der Waals surface area contributed by atoms with E-state index in [1.807, 2.05) is 7.05 Å². The van der Waals surface area contributed by atoms with Gasteiger partial charge in [0, 0.05) is 29.2 Å². The first-order chi connectivity index (χ1) is 7.69. The van der Waals surface area contributed by atoms with Crippen molar-refractivity contribution in [3.63, 3.8) is 0 Å². The maximum atomic E-state index is 13.1. The van der Waals surface area contributed by atoms with E-state index in [2.05, 4.69) is 10.3 Å². The first-order valence-corrected chi connectivity index (χ1v) is 5.60. The minimum atomic E-state index is -0.458. The van der Waals surface area contributed by atoms with Crippen LogP contribution in [0.5, 0.6) is 5.75 Å². The molecular weight excluding hydrogens is 227 g/mol. The lowest BCUT2D eigenvalue weighted by molar-refractivity contribution is 0.469. The van der Waals surface area contributed by atoms with Crippen molar-refractivity contribution in [3.8, 4) is 16.3 Å². The van der Waals surface area contributed by atoms with Gasteiger partial charge in [0.05, 0.1) is 0 Å². The molecule has 2 rings (SSSR count). The Morgan fingerprint density at radius 2 is 2.25 bits per heavy atom. The van der Waals surface area contributed by atoms with Gasteiger partial charge in [-0.2, -0.15) is 0 Å². The highest BCUT2D eigenvalue weighted by atomic mass is 32.1. The molecule has 3 nitrogen and oxygen atoms in total. The third kappa shape index (κ3) is 2.37. The summed E-state index contributed by atoms with van der Waals surface area (Å²) in [6.07, 6.45) is 1.75. The van der Waals surface area contributed by atoms with Crippen LogP contribution < -0.4 is 5.32 Å². The van der Waals surface area contributed by atoms with E-state index in [0.29, 0.717) is 10.6 Å². The molecule has 0 saturated carbocycles. The van der Waals surface area contributed by atoms with Crippen LogP contribution in [0.15, 0.2) is 24.4 Å². The lowest BCUT2D eigenvalue weighted by Crippen LogP contribution is -2.02. The number of rotatable bonds is 3. The van der Waals surface area contributed by atoms with Crippen molar-refractivity contribution in [1.82, 2.24) is 10.3 Å². The molecule has 0 fully saturated rings. The number of phenols is 1. The molecule has 0 aliphatic heterocycles. The van der Waals surface area contributed by atoms with Crippen LogP contribution in [0.1, 0.15) is 4.88 Å². The summed E-state index contributed by atoms with van der Waals surface area (Å²) in [6, 6.07) is 3.94. The Balaban J connectivity index is 2.34. The fourth-order valence-electron chi connectivity index (χ4n) is 1.39. The summed E-state index contributed by atoms with van der Waals surface area (Å²) in [5.74, 6) is -0.541. The molecule has 0 spiro atoms. The predicted molar refractivity (Wildman–Crippen MR) is 61.9 cm³/mol. The van der Waals surface area contributed by atoms with E-state index in [0.717, 1.165) is 17.5 Å². The van der Waals surface area contributed by atoms with Gasteiger partial charge in [-0.3, -0.25) is 0 Å². The van der Waals surface area contributed by atoms with Gasteiger partial charge in [-0.05, 0) is 19.2 Å². The quantitative estimate of drug-likeness (QED) is 0.863. The molecule has 84 valence electrons. The molecule has 2 aromatic rings. The number of nitrogens with one attached hydrogen (secondary N) is 1. The van der Waals surface area contributed by atoms with E-state index < -0.39 is 5.82 Å². The van der Waals surface area contributed by atoms with Crippen molar-refractivity contribution >= 4 is 11.3 Å². The SMILES string of the molecule is CNCc1cnc(-c2cc(O)cc(F)c2)s1. The molecule has 1 heterocycles. The Hall–Kier alpha value is -1.46. The minimum Gasteiger partial charge on any atom is -0.508 e. The van der Waals surface area contributed by atoms with Crippen molar-refractivity contribution < 1.29 is 9.50 Å². The zero-order valence-corrected chi connectivity index (χ0v) is 9.51. The minimum absolute atomic E-state index is 0.0830. The van der Waals surface area contributed by atoms with Crippen molar-refractivity contribution in [1.29, 1.82) is 0 Å². The highest BCUT2D eigenvalue weighted by molar-refractivity contribution is 7.15. The molecule has 5 heteroatoms. The van der Waals surface area contributed by atoms with Gasteiger partial charge in [0.25, 0.3) is 0 Å². The fraction of sp³-hybridized carbons (Fsp3) is 0.182. The summed E-state index contributed by atoms with van der Waals surface area (Å²) in [5, 5.41) is 13.0. The van der Waals surface area contributed by atoms with E-state index in [-0.39, 0.29) is 5.75 Å². The van der Waals surface area contributed by atoms with Crippen molar-refractivity contribution in [3.05, 3.63) is 35.1 Å². The Bertz CT molecular complexity index is 478. The number of nitrogens with zero attached hydrogens (tertiary/aromatic N) is 1. The Labute approximate surface area is 96.6 Å². The highest BCUT2D eigenvalue weighted by Gasteiger charge is 2.07. The van der Waals surface area contributed by atoms with Crippen LogP contribution in [-0.2, 0) is 6.54 Å². The monoisotopic (exact) mass is 238 g/mol. The molecule has 0 bridgehead atoms. The van der Waals surface area contributed by atoms with E-state index in [9.17, 15) is 9.50 Å². The standard InChI is InChI=1S/C11H11FN2OS/c1-13-5-10-6-14-11(16-10)7-2-8(12)4-9(15)3-7/h2-4,6,13,15H,5H2,1H3. The molecule has 0 aliphatic carbocycles. The zero-order valence-electron chi connectivity index (χ0n) is 8.70. The second kappa shape index (κ2) is 4.59. The van der Waals surface area contributed by atoms with Crippen LogP contribution in [-0.4, -0.2) is 17.1 Å². The van der Waals surface area contributed by atoms with Crippen molar-refractivity contribution in [2.75, 3.05) is 7.05 Å². The molecule has 1 aromatic carbocycles. The molecule has 0 saturated heterocycles. The Morgan fingerprint density at radius 3 is 2.94 bits per heavy atom. The largest absolute Gasteiger partial charge is 0.508 e. The van der Waals surface area contributed by atoms with Crippen LogP contribution >= 0.6 is 11.3 Å². The van der Waals surface area contributed by atoms with E-state index in [4.69, 9.17) is 0 Å². The van der Waals surface area contributed by atoms with Gasteiger partial charge in [0.1, 0.15) is 16.6 Å². The number of phenolic OH excluding ortho intramolecular Hbond substituents is 1. The molecule has 1 aromatic heterocycles. The van der Waals surface area contributed by atoms with Gasteiger partial charge in [-0.25, -0.2) is 9.37 Å². The molecule has 2 N–H and O–H groups in total. The number of aromatic nitrogens is 1. The van der Waals surface area contributed by atoms with E-state index >= 15 is 0 Å². The van der Waals surface area contributed by atoms with Gasteiger partial charge in [0.15, 0.2) is 0 Å². The smallest absolute Gasteiger partial charge is 0.127 e. The summed E-state index contributed by atoms with van der Waals surface area (Å²) in [4.78, 5) is 5.26. The second-order valence-corrected chi connectivity index (χ2v) is 4.48.